The molecule has 1 unspecified atom stereocenters. The molecular formula is C19H22N4OS. The molecule has 0 fully saturated rings. The summed E-state index contributed by atoms with van der Waals surface area (Å²) in [6.07, 6.45) is 4.57. The summed E-state index contributed by atoms with van der Waals surface area (Å²) in [7, 11) is 1.87. The molecule has 0 saturated carbocycles. The molecule has 1 atom stereocenters. The number of thiazole rings is 1. The van der Waals surface area contributed by atoms with Gasteiger partial charge in [-0.05, 0) is 18.9 Å². The summed E-state index contributed by atoms with van der Waals surface area (Å²) in [5, 5.41) is 6.83. The summed E-state index contributed by atoms with van der Waals surface area (Å²) in [5.74, 6) is -0.0235. The third-order valence-electron chi connectivity index (χ3n) is 4.25. The average Bonchev–Trinajstić information content (AvgIpc) is 3.28. The Morgan fingerprint density at radius 1 is 1.32 bits per heavy atom. The second kappa shape index (κ2) is 7.61. The maximum Gasteiger partial charge on any atom is 0.273 e. The standard InChI is InChI=1S/C19H22N4OS/c1-4-14(2)23(11-15-8-6-5-7-9-15)19(24)17-13-25-18(21-17)16-10-20-22(3)12-16/h5-10,12-14H,4,11H2,1-3H3. The zero-order chi connectivity index (χ0) is 17.8. The zero-order valence-corrected chi connectivity index (χ0v) is 15.5. The molecule has 1 amide bonds. The van der Waals surface area contributed by atoms with Crippen LogP contribution in [0.25, 0.3) is 10.6 Å². The van der Waals surface area contributed by atoms with Gasteiger partial charge in [0.25, 0.3) is 5.91 Å². The molecule has 0 saturated heterocycles. The maximum absolute atomic E-state index is 13.0. The van der Waals surface area contributed by atoms with Crippen molar-refractivity contribution < 1.29 is 4.79 Å². The van der Waals surface area contributed by atoms with E-state index in [4.69, 9.17) is 0 Å². The summed E-state index contributed by atoms with van der Waals surface area (Å²) in [6, 6.07) is 10.2. The van der Waals surface area contributed by atoms with Crippen LogP contribution in [0.5, 0.6) is 0 Å². The van der Waals surface area contributed by atoms with Crippen molar-refractivity contribution in [2.45, 2.75) is 32.9 Å². The number of carbonyl (C=O) groups excluding carboxylic acids is 1. The molecule has 3 rings (SSSR count). The molecule has 0 aliphatic heterocycles. The largest absolute Gasteiger partial charge is 0.330 e. The van der Waals surface area contributed by atoms with Crippen molar-refractivity contribution in [2.24, 2.45) is 7.05 Å². The third kappa shape index (κ3) is 3.96. The summed E-state index contributed by atoms with van der Waals surface area (Å²) in [6.45, 7) is 4.77. The molecule has 130 valence electrons. The Balaban J connectivity index is 1.83. The van der Waals surface area contributed by atoms with E-state index < -0.39 is 0 Å². The van der Waals surface area contributed by atoms with Crippen molar-refractivity contribution in [1.82, 2.24) is 19.7 Å². The van der Waals surface area contributed by atoms with Gasteiger partial charge in [0.05, 0.1) is 6.20 Å². The highest BCUT2D eigenvalue weighted by atomic mass is 32.1. The fourth-order valence-electron chi connectivity index (χ4n) is 2.61. The second-order valence-electron chi connectivity index (χ2n) is 6.12. The minimum Gasteiger partial charge on any atom is -0.330 e. The van der Waals surface area contributed by atoms with Crippen LogP contribution >= 0.6 is 11.3 Å². The van der Waals surface area contributed by atoms with Gasteiger partial charge in [0, 0.05) is 36.8 Å². The molecule has 0 bridgehead atoms. The van der Waals surface area contributed by atoms with Gasteiger partial charge in [-0.1, -0.05) is 37.3 Å². The second-order valence-corrected chi connectivity index (χ2v) is 6.97. The van der Waals surface area contributed by atoms with Crippen LogP contribution in [0.15, 0.2) is 48.1 Å². The number of hydrogen-bond donors (Lipinski definition) is 0. The van der Waals surface area contributed by atoms with Crippen LogP contribution in [0.1, 0.15) is 36.3 Å². The first kappa shape index (κ1) is 17.4. The Kier molecular flexibility index (Phi) is 5.28. The van der Waals surface area contributed by atoms with Gasteiger partial charge in [0.2, 0.25) is 0 Å². The number of nitrogens with zero attached hydrogens (tertiary/aromatic N) is 4. The Bertz CT molecular complexity index is 840. The van der Waals surface area contributed by atoms with Crippen LogP contribution in [0, 0.1) is 0 Å². The average molecular weight is 354 g/mol. The maximum atomic E-state index is 13.0. The highest BCUT2D eigenvalue weighted by Crippen LogP contribution is 2.24. The smallest absolute Gasteiger partial charge is 0.273 e. The van der Waals surface area contributed by atoms with E-state index in [2.05, 4.69) is 23.9 Å². The molecule has 2 aromatic heterocycles. The fraction of sp³-hybridized carbons (Fsp3) is 0.316. The topological polar surface area (TPSA) is 51.0 Å². The molecular weight excluding hydrogens is 332 g/mol. The predicted octanol–water partition coefficient (Wildman–Crippen LogP) is 3.98. The lowest BCUT2D eigenvalue weighted by Gasteiger charge is -2.28. The number of amides is 1. The van der Waals surface area contributed by atoms with Gasteiger partial charge in [-0.2, -0.15) is 5.10 Å². The van der Waals surface area contributed by atoms with E-state index in [1.54, 1.807) is 10.9 Å². The first-order chi connectivity index (χ1) is 12.1. The van der Waals surface area contributed by atoms with E-state index in [0.29, 0.717) is 12.2 Å². The van der Waals surface area contributed by atoms with Crippen LogP contribution in [0.2, 0.25) is 0 Å². The van der Waals surface area contributed by atoms with Crippen LogP contribution in [-0.2, 0) is 13.6 Å². The number of hydrogen-bond acceptors (Lipinski definition) is 4. The molecule has 1 aromatic carbocycles. The van der Waals surface area contributed by atoms with E-state index in [1.807, 2.05) is 53.9 Å². The molecule has 0 aliphatic rings. The Morgan fingerprint density at radius 2 is 2.08 bits per heavy atom. The predicted molar refractivity (Wildman–Crippen MR) is 100 cm³/mol. The van der Waals surface area contributed by atoms with Crippen molar-refractivity contribution >= 4 is 17.2 Å². The van der Waals surface area contributed by atoms with Gasteiger partial charge in [-0.25, -0.2) is 4.98 Å². The molecule has 0 spiro atoms. The lowest BCUT2D eigenvalue weighted by molar-refractivity contribution is 0.0666. The van der Waals surface area contributed by atoms with Crippen LogP contribution in [0.3, 0.4) is 0 Å². The number of rotatable bonds is 6. The Labute approximate surface area is 151 Å². The van der Waals surface area contributed by atoms with E-state index in [0.717, 1.165) is 22.6 Å². The first-order valence-corrected chi connectivity index (χ1v) is 9.26. The van der Waals surface area contributed by atoms with Crippen molar-refractivity contribution in [3.63, 3.8) is 0 Å². The van der Waals surface area contributed by atoms with E-state index >= 15 is 0 Å². The molecule has 0 aliphatic carbocycles. The van der Waals surface area contributed by atoms with Crippen molar-refractivity contribution in [3.8, 4) is 10.6 Å². The first-order valence-electron chi connectivity index (χ1n) is 8.38. The van der Waals surface area contributed by atoms with Gasteiger partial charge in [-0.3, -0.25) is 9.48 Å². The highest BCUT2D eigenvalue weighted by Gasteiger charge is 2.23. The van der Waals surface area contributed by atoms with E-state index in [-0.39, 0.29) is 11.9 Å². The molecule has 3 aromatic rings. The minimum atomic E-state index is -0.0235. The van der Waals surface area contributed by atoms with Gasteiger partial charge < -0.3 is 4.90 Å². The molecule has 2 heterocycles. The third-order valence-corrected chi connectivity index (χ3v) is 5.15. The van der Waals surface area contributed by atoms with E-state index in [1.165, 1.54) is 11.3 Å². The fourth-order valence-corrected chi connectivity index (χ4v) is 3.38. The Hall–Kier alpha value is -2.47. The van der Waals surface area contributed by atoms with Crippen LogP contribution in [0.4, 0.5) is 0 Å². The van der Waals surface area contributed by atoms with Crippen LogP contribution in [-0.4, -0.2) is 31.6 Å². The lowest BCUT2D eigenvalue weighted by Crippen LogP contribution is -2.38. The summed E-state index contributed by atoms with van der Waals surface area (Å²) >= 11 is 1.48. The molecule has 0 radical (unpaired) electrons. The minimum absolute atomic E-state index is 0.0235. The lowest BCUT2D eigenvalue weighted by atomic mass is 10.1. The molecule has 5 nitrogen and oxygen atoms in total. The number of aromatic nitrogens is 3. The van der Waals surface area contributed by atoms with Crippen molar-refractivity contribution in [3.05, 3.63) is 59.4 Å². The van der Waals surface area contributed by atoms with E-state index in [9.17, 15) is 4.79 Å². The van der Waals surface area contributed by atoms with Crippen molar-refractivity contribution in [2.75, 3.05) is 0 Å². The van der Waals surface area contributed by atoms with Gasteiger partial charge in [-0.15, -0.1) is 11.3 Å². The number of aryl methyl sites for hydroxylation is 1. The molecule has 6 heteroatoms. The summed E-state index contributed by atoms with van der Waals surface area (Å²) in [5.41, 5.74) is 2.56. The van der Waals surface area contributed by atoms with Crippen LogP contribution < -0.4 is 0 Å². The highest BCUT2D eigenvalue weighted by molar-refractivity contribution is 7.13. The molecule has 0 N–H and O–H groups in total. The monoisotopic (exact) mass is 354 g/mol. The Morgan fingerprint density at radius 3 is 2.72 bits per heavy atom. The quantitative estimate of drug-likeness (QED) is 0.673. The number of carbonyl (C=O) groups is 1. The van der Waals surface area contributed by atoms with Gasteiger partial charge >= 0.3 is 0 Å². The molecule has 25 heavy (non-hydrogen) atoms. The van der Waals surface area contributed by atoms with Gasteiger partial charge in [0.1, 0.15) is 10.7 Å². The normalized spacial score (nSPS) is 12.1. The SMILES string of the molecule is CCC(C)N(Cc1ccccc1)C(=O)c1csc(-c2cnn(C)c2)n1. The van der Waals surface area contributed by atoms with Gasteiger partial charge in [0.15, 0.2) is 0 Å². The van der Waals surface area contributed by atoms with Crippen molar-refractivity contribution in [1.29, 1.82) is 0 Å². The zero-order valence-electron chi connectivity index (χ0n) is 14.7. The number of benzene rings is 1. The summed E-state index contributed by atoms with van der Waals surface area (Å²) < 4.78 is 1.74. The summed E-state index contributed by atoms with van der Waals surface area (Å²) in [4.78, 5) is 19.5.